The molecule has 0 saturated carbocycles. The predicted molar refractivity (Wildman–Crippen MR) is 374 cm³/mol. The van der Waals surface area contributed by atoms with Crippen molar-refractivity contribution in [3.63, 3.8) is 0 Å². The van der Waals surface area contributed by atoms with Crippen LogP contribution in [0.1, 0.15) is 70.8 Å². The molecule has 0 fully saturated rings. The molecule has 0 radical (unpaired) electrons. The minimum absolute atomic E-state index is 0.0662. The average molecular weight is 1570 g/mol. The lowest BCUT2D eigenvalue weighted by Gasteiger charge is -2.27. The molecular formula is C60H97N25O25. The van der Waals surface area contributed by atoms with Gasteiger partial charge in [0, 0.05) is 19.5 Å². The maximum absolute atomic E-state index is 14.0. The van der Waals surface area contributed by atoms with Crippen LogP contribution in [0.15, 0.2) is 30.3 Å². The average Bonchev–Trinajstić information content (AvgIpc) is 0.861. The highest BCUT2D eigenvalue weighted by Gasteiger charge is 2.38. The van der Waals surface area contributed by atoms with Crippen molar-refractivity contribution in [3.05, 3.63) is 35.9 Å². The molecule has 0 aliphatic rings. The standard InChI is InChI=1S/C60H97N25O25/c1-25(73-47(98)28(61)15-40(62)91)45(96)72-19-44(95)75-31(14-27-8-4-3-5-9-27)50(101)79-34(18-43(65)94)53(104)82-36(21-87)55(106)80-33(17-42(64)93)51(102)76-29(10-6-12-70-59(66)67)48(99)74-26(2)46(97)78-32(16-41(63)92)52(103)83-37(22-88)56(107)84-35(20-86)54(105)77-30(11-7-13-71-60(68)69)49(100)81-38(23-89)57(108)85-39(24-90)58(109)110/h3-5,8-9,25-26,28-39,86-90H,6-7,10-24,61H2,1-2H3,(H2,62,91)(H2,63,92)(H2,64,93)(H2,65,94)(H,72,96)(H,73,98)(H,74,99)(H,75,95)(H,76,102)(H,77,105)(H,78,97)(H,79,101)(H,80,106)(H,81,100)(H,82,104)(H,83,103)(H,84,107)(H,85,108)(H,109,110)(H4,66,67,70)(H4,68,69,71). The number of primary amides is 4. The number of hydrogen-bond acceptors (Lipinski definition) is 27. The van der Waals surface area contributed by atoms with E-state index in [4.69, 9.17) is 51.0 Å². The highest BCUT2D eigenvalue weighted by atomic mass is 16.4. The van der Waals surface area contributed by atoms with Crippen LogP contribution >= 0.6 is 0 Å². The zero-order valence-corrected chi connectivity index (χ0v) is 59.5. The molecule has 0 aliphatic carbocycles. The number of carbonyl (C=O) groups excluding carboxylic acids is 18. The van der Waals surface area contributed by atoms with Gasteiger partial charge in [0.25, 0.3) is 0 Å². The van der Waals surface area contributed by atoms with Crippen molar-refractivity contribution in [3.8, 4) is 0 Å². The quantitative estimate of drug-likeness (QED) is 0.0164. The summed E-state index contributed by atoms with van der Waals surface area (Å²) in [5.41, 5.74) is 37.9. The van der Waals surface area contributed by atoms with Crippen molar-refractivity contribution < 1.29 is 122 Å². The summed E-state index contributed by atoms with van der Waals surface area (Å²) in [5.74, 6) is -24.9. The topological polar surface area (TPSA) is 868 Å². The minimum atomic E-state index is -2.12. The van der Waals surface area contributed by atoms with Crippen LogP contribution in [0.4, 0.5) is 0 Å². The van der Waals surface area contributed by atoms with E-state index in [1.54, 1.807) is 30.3 Å². The van der Waals surface area contributed by atoms with Gasteiger partial charge in [-0.3, -0.25) is 97.1 Å². The maximum atomic E-state index is 14.0. The lowest BCUT2D eigenvalue weighted by atomic mass is 10.0. The van der Waals surface area contributed by atoms with Crippen molar-refractivity contribution in [1.29, 1.82) is 10.8 Å². The van der Waals surface area contributed by atoms with Gasteiger partial charge < -0.3 is 156 Å². The van der Waals surface area contributed by atoms with Crippen molar-refractivity contribution >= 4 is 124 Å². The van der Waals surface area contributed by atoms with Crippen LogP contribution in [0.3, 0.4) is 0 Å². The summed E-state index contributed by atoms with van der Waals surface area (Å²) in [6.45, 7) is -4.95. The third-order valence-electron chi connectivity index (χ3n) is 15.0. The van der Waals surface area contributed by atoms with Gasteiger partial charge in [-0.1, -0.05) is 30.3 Å². The van der Waals surface area contributed by atoms with Gasteiger partial charge in [-0.25, -0.2) is 4.79 Å². The highest BCUT2D eigenvalue weighted by molar-refractivity contribution is 6.02. The van der Waals surface area contributed by atoms with Crippen molar-refractivity contribution in [1.82, 2.24) is 85.1 Å². The van der Waals surface area contributed by atoms with Crippen molar-refractivity contribution in [2.75, 3.05) is 52.7 Å². The van der Waals surface area contributed by atoms with E-state index in [0.717, 1.165) is 6.92 Å². The van der Waals surface area contributed by atoms with Gasteiger partial charge in [0.2, 0.25) is 106 Å². The molecule has 1 aromatic rings. The Morgan fingerprint density at radius 1 is 0.345 bits per heavy atom. The summed E-state index contributed by atoms with van der Waals surface area (Å²) < 4.78 is 0. The molecule has 0 spiro atoms. The number of rotatable bonds is 52. The number of aliphatic hydroxyl groups excluding tert-OH is 5. The molecule has 0 aromatic heterocycles. The number of carbonyl (C=O) groups is 19. The Balaban J connectivity index is 3.43. The van der Waals surface area contributed by atoms with Crippen LogP contribution in [0.25, 0.3) is 0 Å². The normalized spacial score (nSPS) is 14.6. The van der Waals surface area contributed by atoms with E-state index in [-0.39, 0.29) is 38.8 Å². The van der Waals surface area contributed by atoms with E-state index in [0.29, 0.717) is 5.56 Å². The number of aliphatic carboxylic acids is 1. The summed E-state index contributed by atoms with van der Waals surface area (Å²) in [4.78, 5) is 248. The largest absolute Gasteiger partial charge is 0.480 e. The van der Waals surface area contributed by atoms with Crippen LogP contribution in [-0.4, -0.2) is 292 Å². The summed E-state index contributed by atoms with van der Waals surface area (Å²) in [6, 6.07) is -17.9. The second kappa shape index (κ2) is 49.3. The number of nitrogens with one attached hydrogen (secondary N) is 18. The Morgan fingerprint density at radius 3 is 0.982 bits per heavy atom. The molecule has 14 atom stereocenters. The van der Waals surface area contributed by atoms with Crippen LogP contribution in [0.5, 0.6) is 0 Å². The molecule has 1 aromatic carbocycles. The van der Waals surface area contributed by atoms with Crippen LogP contribution in [0, 0.1) is 10.8 Å². The lowest BCUT2D eigenvalue weighted by Crippen LogP contribution is -2.62. The van der Waals surface area contributed by atoms with Crippen molar-refractivity contribution in [2.24, 2.45) is 40.1 Å². The monoisotopic (exact) mass is 1570 g/mol. The molecule has 18 amide bonds. The molecule has 14 unspecified atom stereocenters. The summed E-state index contributed by atoms with van der Waals surface area (Å²) >= 11 is 0. The van der Waals surface area contributed by atoms with Gasteiger partial charge in [-0.05, 0) is 45.1 Å². The number of aliphatic hydroxyl groups is 5. The zero-order chi connectivity index (χ0) is 83.7. The summed E-state index contributed by atoms with van der Waals surface area (Å²) in [7, 11) is 0. The molecular weight excluding hydrogens is 1470 g/mol. The van der Waals surface area contributed by atoms with Crippen LogP contribution < -0.4 is 125 Å². The number of benzene rings is 1. The SMILES string of the molecule is CC(NC(=O)C(N)CC(N)=O)C(=O)NCC(=O)NC(Cc1ccccc1)C(=O)NC(CC(N)=O)C(=O)NC(CO)C(=O)NC(CC(N)=O)C(=O)NC(CCCNC(=N)N)C(=O)NC(C)C(=O)NC(CC(N)=O)C(=O)NC(CO)C(=O)NC(CO)C(=O)NC(CCCNC(=N)N)C(=O)NC(CO)C(=O)NC(CO)C(=O)O. The van der Waals surface area contributed by atoms with Crippen LogP contribution in [-0.2, 0) is 97.5 Å². The molecule has 0 bridgehead atoms. The van der Waals surface area contributed by atoms with Gasteiger partial charge in [0.15, 0.2) is 11.9 Å². The maximum Gasteiger partial charge on any atom is 0.328 e. The number of carboxylic acid groups (broad SMARTS) is 1. The molecule has 612 valence electrons. The Kier molecular flexibility index (Phi) is 42.8. The van der Waals surface area contributed by atoms with Crippen LogP contribution in [0.2, 0.25) is 0 Å². The Morgan fingerprint density at radius 2 is 0.636 bits per heavy atom. The number of guanidine groups is 2. The highest BCUT2D eigenvalue weighted by Crippen LogP contribution is 2.09. The summed E-state index contributed by atoms with van der Waals surface area (Å²) in [5, 5.41) is 109. The Labute approximate surface area is 625 Å². The molecule has 50 nitrogen and oxygen atoms in total. The third-order valence-corrected chi connectivity index (χ3v) is 15.0. The van der Waals surface area contributed by atoms with Gasteiger partial charge in [-0.15, -0.1) is 0 Å². The molecule has 0 saturated heterocycles. The number of hydrogen-bond donors (Lipinski definition) is 31. The molecule has 50 heteroatoms. The number of carboxylic acids is 1. The van der Waals surface area contributed by atoms with E-state index in [2.05, 4.69) is 69.1 Å². The fraction of sp³-hybridized carbons (Fsp3) is 0.550. The van der Waals surface area contributed by atoms with E-state index in [1.807, 2.05) is 16.0 Å². The van der Waals surface area contributed by atoms with E-state index < -0.39 is 280 Å². The first-order valence-electron chi connectivity index (χ1n) is 33.2. The fourth-order valence-electron chi connectivity index (χ4n) is 9.24. The van der Waals surface area contributed by atoms with Gasteiger partial charge in [0.1, 0.15) is 78.5 Å². The first-order chi connectivity index (χ1) is 51.6. The first-order valence-corrected chi connectivity index (χ1v) is 33.2. The minimum Gasteiger partial charge on any atom is -0.480 e. The van der Waals surface area contributed by atoms with E-state index in [1.165, 1.54) is 6.92 Å². The fourth-order valence-corrected chi connectivity index (χ4v) is 9.24. The smallest absolute Gasteiger partial charge is 0.328 e. The number of nitrogens with two attached hydrogens (primary N) is 7. The Hall–Kier alpha value is -12.5. The number of amides is 18. The molecule has 0 aliphatic heterocycles. The zero-order valence-electron chi connectivity index (χ0n) is 59.5. The Bertz CT molecular complexity index is 3470. The predicted octanol–water partition coefficient (Wildman–Crippen LogP) is -17.9. The molecule has 1 rings (SSSR count). The van der Waals surface area contributed by atoms with Gasteiger partial charge in [-0.2, -0.15) is 0 Å². The van der Waals surface area contributed by atoms with E-state index >= 15 is 0 Å². The second-order valence-corrected chi connectivity index (χ2v) is 24.1. The first kappa shape index (κ1) is 95.5. The van der Waals surface area contributed by atoms with Crippen molar-refractivity contribution in [2.45, 2.75) is 156 Å². The van der Waals surface area contributed by atoms with Gasteiger partial charge in [0.05, 0.1) is 71.3 Å². The molecule has 0 heterocycles. The molecule has 38 N–H and O–H groups in total. The van der Waals surface area contributed by atoms with E-state index in [9.17, 15) is 122 Å². The third kappa shape index (κ3) is 36.6. The second-order valence-electron chi connectivity index (χ2n) is 24.1. The molecule has 110 heavy (non-hydrogen) atoms. The summed E-state index contributed by atoms with van der Waals surface area (Å²) in [6.07, 6.45) is -4.95. The lowest BCUT2D eigenvalue weighted by molar-refractivity contribution is -0.143. The van der Waals surface area contributed by atoms with Gasteiger partial charge >= 0.3 is 5.97 Å².